The molecule has 1 amide bonds. The van der Waals surface area contributed by atoms with Gasteiger partial charge < -0.3 is 15.5 Å². The van der Waals surface area contributed by atoms with Crippen LogP contribution in [0.2, 0.25) is 10.0 Å². The summed E-state index contributed by atoms with van der Waals surface area (Å²) in [5.74, 6) is -1.11. The number of pyridine rings is 1. The standard InChI is InChI=1S/C22H14Cl2N4O4/c23-15-8-7-13(11-16(15)24)26-22(30)18-17-6-1-2-9-27(17)20(19(18)25)21(29)12-4-3-5-14(10-12)28(31)32/h1-11H,25H2,(H,26,30). The first-order chi connectivity index (χ1) is 15.3. The highest BCUT2D eigenvalue weighted by molar-refractivity contribution is 6.42. The van der Waals surface area contributed by atoms with E-state index >= 15 is 0 Å². The van der Waals surface area contributed by atoms with Crippen LogP contribution in [0.15, 0.2) is 66.9 Å². The Morgan fingerprint density at radius 1 is 1.00 bits per heavy atom. The Balaban J connectivity index is 1.80. The first-order valence-electron chi connectivity index (χ1n) is 9.22. The van der Waals surface area contributed by atoms with Crippen LogP contribution in [0.25, 0.3) is 5.52 Å². The van der Waals surface area contributed by atoms with Gasteiger partial charge in [-0.05, 0) is 30.3 Å². The molecule has 0 atom stereocenters. The number of aromatic nitrogens is 1. The first-order valence-corrected chi connectivity index (χ1v) is 9.97. The number of amides is 1. The van der Waals surface area contributed by atoms with Gasteiger partial charge in [-0.15, -0.1) is 0 Å². The van der Waals surface area contributed by atoms with Gasteiger partial charge in [0.05, 0.1) is 31.7 Å². The van der Waals surface area contributed by atoms with Crippen LogP contribution in [0.4, 0.5) is 17.1 Å². The van der Waals surface area contributed by atoms with Crippen LogP contribution in [0.1, 0.15) is 26.4 Å². The molecule has 0 spiro atoms. The summed E-state index contributed by atoms with van der Waals surface area (Å²) in [6.07, 6.45) is 1.59. The number of fused-ring (bicyclic) bond motifs is 1. The van der Waals surface area contributed by atoms with E-state index in [1.54, 1.807) is 30.5 Å². The van der Waals surface area contributed by atoms with Gasteiger partial charge in [-0.25, -0.2) is 0 Å². The highest BCUT2D eigenvalue weighted by atomic mass is 35.5. The van der Waals surface area contributed by atoms with Gasteiger partial charge in [0.25, 0.3) is 11.6 Å². The van der Waals surface area contributed by atoms with Crippen LogP contribution in [0.5, 0.6) is 0 Å². The second-order valence-electron chi connectivity index (χ2n) is 6.81. The van der Waals surface area contributed by atoms with Crippen LogP contribution >= 0.6 is 23.2 Å². The van der Waals surface area contributed by atoms with Crippen LogP contribution in [-0.4, -0.2) is 21.0 Å². The summed E-state index contributed by atoms with van der Waals surface area (Å²) in [5.41, 5.74) is 6.98. The zero-order valence-corrected chi connectivity index (χ0v) is 17.7. The Labute approximate surface area is 191 Å². The highest BCUT2D eigenvalue weighted by Gasteiger charge is 2.27. The van der Waals surface area contributed by atoms with Crippen molar-refractivity contribution in [1.29, 1.82) is 0 Å². The number of nitro benzene ring substituents is 1. The van der Waals surface area contributed by atoms with E-state index in [0.29, 0.717) is 16.2 Å². The fourth-order valence-corrected chi connectivity index (χ4v) is 3.66. The van der Waals surface area contributed by atoms with E-state index in [0.717, 1.165) is 0 Å². The van der Waals surface area contributed by atoms with Gasteiger partial charge in [-0.3, -0.25) is 19.7 Å². The van der Waals surface area contributed by atoms with Crippen LogP contribution < -0.4 is 11.1 Å². The molecule has 160 valence electrons. The molecule has 0 unspecified atom stereocenters. The molecule has 0 fully saturated rings. The van der Waals surface area contributed by atoms with Gasteiger partial charge in [0.15, 0.2) is 0 Å². The molecule has 2 aromatic heterocycles. The molecule has 0 bridgehead atoms. The number of nitrogen functional groups attached to an aromatic ring is 1. The van der Waals surface area contributed by atoms with Gasteiger partial charge >= 0.3 is 0 Å². The maximum atomic E-state index is 13.2. The summed E-state index contributed by atoms with van der Waals surface area (Å²) in [6, 6.07) is 14.9. The number of nitrogens with one attached hydrogen (secondary N) is 1. The number of carbonyl (C=O) groups excluding carboxylic acids is 2. The second kappa shape index (κ2) is 8.33. The zero-order chi connectivity index (χ0) is 23.0. The maximum Gasteiger partial charge on any atom is 0.270 e. The molecule has 0 aliphatic rings. The van der Waals surface area contributed by atoms with E-state index in [2.05, 4.69) is 5.32 Å². The average Bonchev–Trinajstić information content (AvgIpc) is 3.07. The fourth-order valence-electron chi connectivity index (χ4n) is 3.36. The van der Waals surface area contributed by atoms with Crippen LogP contribution in [0.3, 0.4) is 0 Å². The maximum absolute atomic E-state index is 13.2. The number of rotatable bonds is 5. The number of carbonyl (C=O) groups is 2. The third-order valence-electron chi connectivity index (χ3n) is 4.82. The van der Waals surface area contributed by atoms with Crippen molar-refractivity contribution in [2.24, 2.45) is 0 Å². The van der Waals surface area contributed by atoms with Gasteiger partial charge in [-0.1, -0.05) is 41.4 Å². The van der Waals surface area contributed by atoms with Crippen LogP contribution in [0, 0.1) is 10.1 Å². The number of hydrogen-bond acceptors (Lipinski definition) is 5. The van der Waals surface area contributed by atoms with E-state index in [1.807, 2.05) is 0 Å². The van der Waals surface area contributed by atoms with Crippen molar-refractivity contribution in [2.45, 2.75) is 0 Å². The van der Waals surface area contributed by atoms with Crippen molar-refractivity contribution in [2.75, 3.05) is 11.1 Å². The Bertz CT molecular complexity index is 1410. The van der Waals surface area contributed by atoms with Gasteiger partial charge in [0.1, 0.15) is 5.69 Å². The molecule has 2 aromatic carbocycles. The molecule has 0 saturated heterocycles. The van der Waals surface area contributed by atoms with Crippen molar-refractivity contribution < 1.29 is 14.5 Å². The molecule has 2 heterocycles. The van der Waals surface area contributed by atoms with Crippen molar-refractivity contribution in [3.05, 3.63) is 104 Å². The number of benzene rings is 2. The largest absolute Gasteiger partial charge is 0.396 e. The summed E-state index contributed by atoms with van der Waals surface area (Å²) in [6.45, 7) is 0. The zero-order valence-electron chi connectivity index (χ0n) is 16.2. The fraction of sp³-hybridized carbons (Fsp3) is 0. The number of nitrogens with zero attached hydrogens (tertiary/aromatic N) is 2. The lowest BCUT2D eigenvalue weighted by Crippen LogP contribution is -2.14. The van der Waals surface area contributed by atoms with Gasteiger partial charge in [0.2, 0.25) is 5.78 Å². The SMILES string of the molecule is Nc1c(C(=O)Nc2ccc(Cl)c(Cl)c2)c2ccccn2c1C(=O)c1cccc([N+](=O)[O-])c1. The van der Waals surface area contributed by atoms with E-state index in [-0.39, 0.29) is 33.2 Å². The Morgan fingerprint density at radius 3 is 2.50 bits per heavy atom. The molecule has 4 rings (SSSR count). The number of nitro groups is 1. The number of anilines is 2. The Hall–Kier alpha value is -3.88. The normalized spacial score (nSPS) is 10.8. The number of hydrogen-bond donors (Lipinski definition) is 2. The van der Waals surface area contributed by atoms with E-state index in [9.17, 15) is 19.7 Å². The lowest BCUT2D eigenvalue weighted by molar-refractivity contribution is -0.384. The molecule has 4 aromatic rings. The molecular weight excluding hydrogens is 455 g/mol. The number of nitrogens with two attached hydrogens (primary N) is 1. The predicted octanol–water partition coefficient (Wildman–Crippen LogP) is 5.22. The van der Waals surface area contributed by atoms with Crippen molar-refractivity contribution in [3.8, 4) is 0 Å². The summed E-state index contributed by atoms with van der Waals surface area (Å²) < 4.78 is 1.49. The number of non-ortho nitro benzene ring substituents is 1. The molecule has 0 aliphatic carbocycles. The Kier molecular flexibility index (Phi) is 5.56. The minimum Gasteiger partial charge on any atom is -0.396 e. The third kappa shape index (κ3) is 3.77. The quantitative estimate of drug-likeness (QED) is 0.236. The van der Waals surface area contributed by atoms with E-state index in [1.165, 1.54) is 40.8 Å². The minimum atomic E-state index is -0.591. The summed E-state index contributed by atoms with van der Waals surface area (Å²) in [5, 5.41) is 14.4. The topological polar surface area (TPSA) is 120 Å². The highest BCUT2D eigenvalue weighted by Crippen LogP contribution is 2.31. The van der Waals surface area contributed by atoms with E-state index in [4.69, 9.17) is 28.9 Å². The molecule has 32 heavy (non-hydrogen) atoms. The van der Waals surface area contributed by atoms with Crippen molar-refractivity contribution in [3.63, 3.8) is 0 Å². The van der Waals surface area contributed by atoms with Crippen molar-refractivity contribution in [1.82, 2.24) is 4.40 Å². The van der Waals surface area contributed by atoms with Crippen molar-refractivity contribution >= 4 is 57.5 Å². The molecular formula is C22H14Cl2N4O4. The second-order valence-corrected chi connectivity index (χ2v) is 7.63. The lowest BCUT2D eigenvalue weighted by Gasteiger charge is -2.07. The van der Waals surface area contributed by atoms with Crippen LogP contribution in [-0.2, 0) is 0 Å². The molecule has 0 saturated carbocycles. The Morgan fingerprint density at radius 2 is 1.78 bits per heavy atom. The van der Waals surface area contributed by atoms with Gasteiger partial charge in [-0.2, -0.15) is 0 Å². The minimum absolute atomic E-state index is 0.0281. The number of halogens is 2. The molecule has 0 radical (unpaired) electrons. The first kappa shape index (κ1) is 21.4. The summed E-state index contributed by atoms with van der Waals surface area (Å²) >= 11 is 11.9. The monoisotopic (exact) mass is 468 g/mol. The smallest absolute Gasteiger partial charge is 0.270 e. The number of ketones is 1. The van der Waals surface area contributed by atoms with Gasteiger partial charge in [0, 0.05) is 29.6 Å². The summed E-state index contributed by atoms with van der Waals surface area (Å²) in [4.78, 5) is 36.8. The average molecular weight is 469 g/mol. The molecule has 10 heteroatoms. The predicted molar refractivity (Wildman–Crippen MR) is 123 cm³/mol. The van der Waals surface area contributed by atoms with E-state index < -0.39 is 16.6 Å². The summed E-state index contributed by atoms with van der Waals surface area (Å²) in [7, 11) is 0. The molecule has 3 N–H and O–H groups in total. The third-order valence-corrected chi connectivity index (χ3v) is 5.56. The lowest BCUT2D eigenvalue weighted by atomic mass is 10.1. The molecule has 0 aliphatic heterocycles. The molecule has 8 nitrogen and oxygen atoms in total.